The van der Waals surface area contributed by atoms with E-state index in [1.165, 1.54) is 71.7 Å². The van der Waals surface area contributed by atoms with Gasteiger partial charge in [0, 0.05) is 52.1 Å². The molecule has 0 saturated carbocycles. The fraction of sp³-hybridized carbons (Fsp3) is 0.159. The van der Waals surface area contributed by atoms with E-state index < -0.39 is 0 Å². The molecule has 0 N–H and O–H groups in total. The number of allylic oxidation sites excluding steroid dienone is 10. The van der Waals surface area contributed by atoms with Crippen LogP contribution in [0.15, 0.2) is 156 Å². The van der Waals surface area contributed by atoms with Crippen LogP contribution >= 0.6 is 11.3 Å². The van der Waals surface area contributed by atoms with E-state index in [2.05, 4.69) is 151 Å². The van der Waals surface area contributed by atoms with Crippen molar-refractivity contribution in [3.8, 4) is 11.1 Å². The van der Waals surface area contributed by atoms with Crippen LogP contribution in [0.1, 0.15) is 49.0 Å². The first-order valence-electron chi connectivity index (χ1n) is 17.0. The molecule has 5 aromatic rings. The lowest BCUT2D eigenvalue weighted by Gasteiger charge is -2.33. The van der Waals surface area contributed by atoms with Gasteiger partial charge >= 0.3 is 0 Å². The maximum absolute atomic E-state index is 4.73. The second-order valence-corrected chi connectivity index (χ2v) is 14.2. The first-order valence-corrected chi connectivity index (χ1v) is 17.9. The molecule has 2 atom stereocenters. The van der Waals surface area contributed by atoms with E-state index in [0.717, 1.165) is 25.0 Å². The second kappa shape index (κ2) is 11.8. The Labute approximate surface area is 286 Å². The molecule has 2 aliphatic carbocycles. The van der Waals surface area contributed by atoms with Crippen molar-refractivity contribution in [2.75, 3.05) is 11.9 Å². The van der Waals surface area contributed by atoms with Gasteiger partial charge in [0.2, 0.25) is 0 Å². The lowest BCUT2D eigenvalue weighted by molar-refractivity contribution is 0.384. The summed E-state index contributed by atoms with van der Waals surface area (Å²) in [7, 11) is 2.13. The van der Waals surface area contributed by atoms with Crippen molar-refractivity contribution in [3.63, 3.8) is 0 Å². The molecule has 0 saturated heterocycles. The molecule has 3 nitrogen and oxygen atoms in total. The number of benzene rings is 3. The largest absolute Gasteiger partial charge is 0.368 e. The van der Waals surface area contributed by atoms with Crippen LogP contribution in [-0.2, 0) is 0 Å². The van der Waals surface area contributed by atoms with E-state index in [1.807, 2.05) is 23.6 Å². The van der Waals surface area contributed by atoms with E-state index in [-0.39, 0.29) is 6.04 Å². The monoisotopic (exact) mass is 639 g/mol. The first kappa shape index (κ1) is 29.0. The van der Waals surface area contributed by atoms with Gasteiger partial charge < -0.3 is 9.80 Å². The predicted octanol–water partition coefficient (Wildman–Crippen LogP) is 11.7. The van der Waals surface area contributed by atoms with Crippen LogP contribution in [0.2, 0.25) is 0 Å². The zero-order valence-electron chi connectivity index (χ0n) is 27.3. The Kier molecular flexibility index (Phi) is 7.13. The van der Waals surface area contributed by atoms with Gasteiger partial charge in [0.05, 0.1) is 17.4 Å². The maximum Gasteiger partial charge on any atom is 0.0897 e. The highest BCUT2D eigenvalue weighted by Crippen LogP contribution is 2.51. The molecule has 9 rings (SSSR count). The topological polar surface area (TPSA) is 19.4 Å². The zero-order valence-corrected chi connectivity index (χ0v) is 28.1. The summed E-state index contributed by atoms with van der Waals surface area (Å²) in [6, 6.07) is 31.3. The minimum Gasteiger partial charge on any atom is -0.368 e. The standard InChI is InChI=1S/C44H37N3S/c1-29-15-16-36-35-12-6-7-13-37(35)44-38-20-23-48-43(38)18-17-40(44)47(41(36)24-29)34-26-32(30-10-4-3-5-11-30)25-33(27-34)31-19-22-46(2)42(28-31)39-14-8-9-21-45-39/h3-6,8-12,14-23,25-29,42H,7,13,24H2,1-2H3/t29?,42-/m1/s1. The van der Waals surface area contributed by atoms with E-state index in [0.29, 0.717) is 5.92 Å². The molecule has 0 spiro atoms. The molecular formula is C44H37N3S. The summed E-state index contributed by atoms with van der Waals surface area (Å²) in [6.45, 7) is 2.34. The molecule has 2 aliphatic heterocycles. The molecule has 4 aliphatic rings. The average Bonchev–Trinajstić information content (AvgIpc) is 3.58. The summed E-state index contributed by atoms with van der Waals surface area (Å²) in [5, 5.41) is 3.61. The summed E-state index contributed by atoms with van der Waals surface area (Å²) in [5.41, 5.74) is 15.4. The molecule has 48 heavy (non-hydrogen) atoms. The molecular weight excluding hydrogens is 603 g/mol. The number of anilines is 2. The quantitative estimate of drug-likeness (QED) is 0.195. The van der Waals surface area contributed by atoms with E-state index in [9.17, 15) is 0 Å². The zero-order chi connectivity index (χ0) is 32.2. The third kappa shape index (κ3) is 4.91. The van der Waals surface area contributed by atoms with Gasteiger partial charge in [0.15, 0.2) is 0 Å². The van der Waals surface area contributed by atoms with Gasteiger partial charge in [-0.2, -0.15) is 0 Å². The van der Waals surface area contributed by atoms with Crippen molar-refractivity contribution in [3.05, 3.63) is 173 Å². The molecule has 0 radical (unpaired) electrons. The fourth-order valence-corrected chi connectivity index (χ4v) is 8.62. The van der Waals surface area contributed by atoms with E-state index in [1.54, 1.807) is 0 Å². The predicted molar refractivity (Wildman–Crippen MR) is 203 cm³/mol. The number of fused-ring (bicyclic) bond motifs is 5. The summed E-state index contributed by atoms with van der Waals surface area (Å²) >= 11 is 1.84. The highest BCUT2D eigenvalue weighted by Gasteiger charge is 2.32. The first-order chi connectivity index (χ1) is 23.6. The summed E-state index contributed by atoms with van der Waals surface area (Å²) < 4.78 is 1.35. The normalized spacial score (nSPS) is 20.1. The maximum atomic E-state index is 4.73. The molecule has 1 unspecified atom stereocenters. The Bertz CT molecular complexity index is 2250. The highest BCUT2D eigenvalue weighted by molar-refractivity contribution is 7.17. The fourth-order valence-electron chi connectivity index (χ4n) is 7.82. The second-order valence-electron chi connectivity index (χ2n) is 13.3. The number of hydrogen-bond donors (Lipinski definition) is 0. The number of rotatable bonds is 4. The summed E-state index contributed by atoms with van der Waals surface area (Å²) in [4.78, 5) is 9.58. The van der Waals surface area contributed by atoms with Crippen molar-refractivity contribution in [2.24, 2.45) is 5.92 Å². The lowest BCUT2D eigenvalue weighted by Crippen LogP contribution is -2.22. The molecule has 0 fully saturated rings. The molecule has 234 valence electrons. The average molecular weight is 640 g/mol. The Morgan fingerprint density at radius 2 is 1.71 bits per heavy atom. The number of likely N-dealkylation sites (N-methyl/N-ethyl adjacent to an activating group) is 1. The molecule has 0 bridgehead atoms. The van der Waals surface area contributed by atoms with Gasteiger partial charge in [-0.25, -0.2) is 0 Å². The van der Waals surface area contributed by atoms with Gasteiger partial charge in [-0.3, -0.25) is 4.98 Å². The third-order valence-electron chi connectivity index (χ3n) is 10.2. The Hall–Kier alpha value is -5.19. The lowest BCUT2D eigenvalue weighted by atomic mass is 9.84. The summed E-state index contributed by atoms with van der Waals surface area (Å²) in [5.74, 6) is 0.449. The molecule has 4 heteroatoms. The van der Waals surface area contributed by atoms with Crippen LogP contribution in [0, 0.1) is 5.92 Å². The van der Waals surface area contributed by atoms with Gasteiger partial charge in [0.1, 0.15) is 0 Å². The van der Waals surface area contributed by atoms with Gasteiger partial charge in [-0.1, -0.05) is 67.6 Å². The van der Waals surface area contributed by atoms with Gasteiger partial charge in [-0.15, -0.1) is 11.3 Å². The van der Waals surface area contributed by atoms with Crippen molar-refractivity contribution >= 4 is 43.9 Å². The number of pyridine rings is 1. The van der Waals surface area contributed by atoms with E-state index >= 15 is 0 Å². The number of thiophene rings is 1. The molecule has 2 aromatic heterocycles. The van der Waals surface area contributed by atoms with Crippen LogP contribution in [0.4, 0.5) is 11.4 Å². The van der Waals surface area contributed by atoms with Crippen LogP contribution in [0.3, 0.4) is 0 Å². The minimum absolute atomic E-state index is 0.0576. The smallest absolute Gasteiger partial charge is 0.0897 e. The van der Waals surface area contributed by atoms with Crippen molar-refractivity contribution < 1.29 is 0 Å². The number of nitrogens with zero attached hydrogens (tertiary/aromatic N) is 3. The Balaban J connectivity index is 1.31. The van der Waals surface area contributed by atoms with Crippen LogP contribution in [0.5, 0.6) is 0 Å². The van der Waals surface area contributed by atoms with Crippen molar-refractivity contribution in [2.45, 2.75) is 32.2 Å². The van der Waals surface area contributed by atoms with Crippen molar-refractivity contribution in [1.82, 2.24) is 9.88 Å². The molecule has 0 amide bonds. The number of hydrogen-bond acceptors (Lipinski definition) is 4. The van der Waals surface area contributed by atoms with Gasteiger partial charge in [0.25, 0.3) is 0 Å². The van der Waals surface area contributed by atoms with Crippen molar-refractivity contribution in [1.29, 1.82) is 0 Å². The van der Waals surface area contributed by atoms with Crippen LogP contribution < -0.4 is 4.90 Å². The molecule has 3 aromatic carbocycles. The Morgan fingerprint density at radius 1 is 0.833 bits per heavy atom. The minimum atomic E-state index is 0.0576. The van der Waals surface area contributed by atoms with Crippen LogP contribution in [0.25, 0.3) is 32.4 Å². The number of aromatic nitrogens is 1. The van der Waals surface area contributed by atoms with E-state index in [4.69, 9.17) is 4.98 Å². The third-order valence-corrected chi connectivity index (χ3v) is 11.1. The Morgan fingerprint density at radius 3 is 2.58 bits per heavy atom. The van der Waals surface area contributed by atoms with Crippen LogP contribution in [-0.4, -0.2) is 16.9 Å². The summed E-state index contributed by atoms with van der Waals surface area (Å²) in [6.07, 6.45) is 21.4. The molecule has 4 heterocycles. The SMILES string of the molecule is CC1C=CC2=C(C1)N(c1cc(C3=C[C@H](c4ccccn4)N(C)C=C3)cc(-c3ccccc3)c1)c1ccc3sccc3c1C1=C2C=CCC1. The highest BCUT2D eigenvalue weighted by atomic mass is 32.1. The van der Waals surface area contributed by atoms with Gasteiger partial charge in [-0.05, 0) is 125 Å².